The van der Waals surface area contributed by atoms with Gasteiger partial charge < -0.3 is 19.5 Å². The number of hydrogen-bond acceptors (Lipinski definition) is 7. The number of nitrogens with one attached hydrogen (secondary N) is 1. The quantitative estimate of drug-likeness (QED) is 0.387. The Morgan fingerprint density at radius 2 is 1.61 bits per heavy atom. The van der Waals surface area contributed by atoms with E-state index in [1.54, 1.807) is 24.3 Å². The highest BCUT2D eigenvalue weighted by molar-refractivity contribution is 7.92. The minimum Gasteiger partial charge on any atom is -0.493 e. The number of benzene rings is 2. The summed E-state index contributed by atoms with van der Waals surface area (Å²) in [5, 5.41) is 2.72. The number of sulfonamides is 1. The third-order valence-electron chi connectivity index (χ3n) is 4.98. The molecule has 10 heteroatoms. The number of amides is 1. The van der Waals surface area contributed by atoms with Crippen molar-refractivity contribution in [2.45, 2.75) is 26.7 Å². The summed E-state index contributed by atoms with van der Waals surface area (Å²) < 4.78 is 41.7. The molecule has 2 aromatic rings. The van der Waals surface area contributed by atoms with Crippen LogP contribution in [0.25, 0.3) is 0 Å². The van der Waals surface area contributed by atoms with E-state index in [9.17, 15) is 18.0 Å². The van der Waals surface area contributed by atoms with Gasteiger partial charge in [0.05, 0.1) is 43.4 Å². The topological polar surface area (TPSA) is 111 Å². The molecule has 0 saturated carbocycles. The van der Waals surface area contributed by atoms with E-state index in [1.807, 2.05) is 6.92 Å². The van der Waals surface area contributed by atoms with Crippen LogP contribution < -0.4 is 19.1 Å². The predicted octanol–water partition coefficient (Wildman–Crippen LogP) is 3.70. The first-order valence-electron chi connectivity index (χ1n) is 10.5. The highest BCUT2D eigenvalue weighted by Gasteiger charge is 2.25. The van der Waals surface area contributed by atoms with Crippen molar-refractivity contribution in [3.05, 3.63) is 47.5 Å². The van der Waals surface area contributed by atoms with Crippen molar-refractivity contribution in [2.24, 2.45) is 0 Å². The average Bonchev–Trinajstić information content (AvgIpc) is 2.83. The highest BCUT2D eigenvalue weighted by atomic mass is 32.2. The van der Waals surface area contributed by atoms with Crippen LogP contribution in [0.2, 0.25) is 0 Å². The number of ether oxygens (including phenoxy) is 3. The molecule has 0 unspecified atom stereocenters. The summed E-state index contributed by atoms with van der Waals surface area (Å²) in [5.41, 5.74) is 1.01. The molecule has 0 saturated heterocycles. The van der Waals surface area contributed by atoms with Gasteiger partial charge in [0.15, 0.2) is 11.5 Å². The Morgan fingerprint density at radius 1 is 1.00 bits per heavy atom. The average molecular weight is 479 g/mol. The van der Waals surface area contributed by atoms with E-state index in [0.29, 0.717) is 17.9 Å². The fourth-order valence-corrected chi connectivity index (χ4v) is 3.77. The van der Waals surface area contributed by atoms with Gasteiger partial charge in [-0.05, 0) is 43.7 Å². The minimum atomic E-state index is -3.64. The predicted molar refractivity (Wildman–Crippen MR) is 127 cm³/mol. The summed E-state index contributed by atoms with van der Waals surface area (Å²) in [4.78, 5) is 25.1. The molecule has 0 radical (unpaired) electrons. The first kappa shape index (κ1) is 26.0. The van der Waals surface area contributed by atoms with Gasteiger partial charge in [0, 0.05) is 18.8 Å². The number of hydrogen-bond donors (Lipinski definition) is 1. The fraction of sp³-hybridized carbons (Fsp3) is 0.391. The normalized spacial score (nSPS) is 10.9. The summed E-state index contributed by atoms with van der Waals surface area (Å²) in [7, 11) is 0.569. The number of carbonyl (C=O) groups is 2. The molecule has 0 aliphatic heterocycles. The maximum atomic E-state index is 13.1. The van der Waals surface area contributed by atoms with Crippen LogP contribution in [0.15, 0.2) is 36.4 Å². The number of rotatable bonds is 11. The fourth-order valence-electron chi connectivity index (χ4n) is 2.93. The van der Waals surface area contributed by atoms with E-state index >= 15 is 0 Å². The van der Waals surface area contributed by atoms with Crippen molar-refractivity contribution < 1.29 is 32.2 Å². The second-order valence-corrected chi connectivity index (χ2v) is 9.40. The number of carbonyl (C=O) groups excluding carboxylic acids is 2. The molecule has 9 nitrogen and oxygen atoms in total. The van der Waals surface area contributed by atoms with Crippen LogP contribution in [-0.4, -0.2) is 53.9 Å². The van der Waals surface area contributed by atoms with Crippen molar-refractivity contribution in [1.82, 2.24) is 0 Å². The lowest BCUT2D eigenvalue weighted by atomic mass is 10.1. The number of nitrogens with zero attached hydrogens (tertiary/aromatic N) is 1. The Bertz CT molecular complexity index is 1080. The Hall–Kier alpha value is -3.27. The molecule has 0 bridgehead atoms. The monoisotopic (exact) mass is 478 g/mol. The number of unbranched alkanes of at least 4 members (excludes halogenated alkanes) is 1. The maximum Gasteiger partial charge on any atom is 0.338 e. The number of methoxy groups -OCH3 is 2. The van der Waals surface area contributed by atoms with Crippen LogP contribution in [0.3, 0.4) is 0 Å². The van der Waals surface area contributed by atoms with Crippen LogP contribution in [-0.2, 0) is 14.8 Å². The lowest BCUT2D eigenvalue weighted by Gasteiger charge is -2.23. The molecule has 0 spiro atoms. The Balaban J connectivity index is 2.34. The van der Waals surface area contributed by atoms with Crippen molar-refractivity contribution in [1.29, 1.82) is 0 Å². The second-order valence-electron chi connectivity index (χ2n) is 7.11. The van der Waals surface area contributed by atoms with Crippen molar-refractivity contribution >= 4 is 33.3 Å². The molecule has 0 heterocycles. The summed E-state index contributed by atoms with van der Waals surface area (Å²) in [6.07, 6.45) is 1.71. The lowest BCUT2D eigenvalue weighted by Crippen LogP contribution is -2.30. The Morgan fingerprint density at radius 3 is 2.15 bits per heavy atom. The minimum absolute atomic E-state index is 0.0789. The zero-order valence-corrected chi connectivity index (χ0v) is 20.3. The smallest absolute Gasteiger partial charge is 0.338 e. The molecule has 0 aliphatic carbocycles. The van der Waals surface area contributed by atoms with Crippen LogP contribution in [0.5, 0.6) is 11.5 Å². The SMILES string of the molecule is CCCCOC(=O)c1ccc(NC(=O)c2cc(OC)c(OC)cc2N(C)S(=O)(=O)CC)cc1. The van der Waals surface area contributed by atoms with Gasteiger partial charge in [0.1, 0.15) is 0 Å². The molecular formula is C23H30N2O7S. The van der Waals surface area contributed by atoms with Crippen LogP contribution in [0, 0.1) is 0 Å². The third-order valence-corrected chi connectivity index (χ3v) is 6.74. The molecule has 33 heavy (non-hydrogen) atoms. The molecule has 1 N–H and O–H groups in total. The van der Waals surface area contributed by atoms with Crippen molar-refractivity contribution in [2.75, 3.05) is 43.2 Å². The molecule has 1 amide bonds. The Kier molecular flexibility index (Phi) is 9.10. The molecule has 180 valence electrons. The Labute approximate surface area is 194 Å². The first-order valence-corrected chi connectivity index (χ1v) is 12.1. The molecule has 0 atom stereocenters. The molecule has 2 aromatic carbocycles. The summed E-state index contributed by atoms with van der Waals surface area (Å²) in [5.74, 6) is -0.571. The van der Waals surface area contributed by atoms with Gasteiger partial charge in [-0.25, -0.2) is 13.2 Å². The van der Waals surface area contributed by atoms with Gasteiger partial charge in [0.25, 0.3) is 5.91 Å². The van der Waals surface area contributed by atoms with Crippen molar-refractivity contribution in [3.63, 3.8) is 0 Å². The van der Waals surface area contributed by atoms with E-state index in [0.717, 1.165) is 17.1 Å². The van der Waals surface area contributed by atoms with Gasteiger partial charge in [-0.15, -0.1) is 0 Å². The molecule has 2 rings (SSSR count). The molecule has 0 aliphatic rings. The number of anilines is 2. The van der Waals surface area contributed by atoms with E-state index in [1.165, 1.54) is 40.3 Å². The van der Waals surface area contributed by atoms with Gasteiger partial charge >= 0.3 is 5.97 Å². The third kappa shape index (κ3) is 6.38. The van der Waals surface area contributed by atoms with E-state index in [4.69, 9.17) is 14.2 Å². The van der Waals surface area contributed by atoms with E-state index in [-0.39, 0.29) is 28.5 Å². The van der Waals surface area contributed by atoms with E-state index in [2.05, 4.69) is 5.32 Å². The number of esters is 1. The van der Waals surface area contributed by atoms with Gasteiger partial charge in [-0.2, -0.15) is 0 Å². The van der Waals surface area contributed by atoms with Crippen LogP contribution in [0.1, 0.15) is 47.4 Å². The maximum absolute atomic E-state index is 13.1. The molecule has 0 fully saturated rings. The zero-order valence-electron chi connectivity index (χ0n) is 19.5. The zero-order chi connectivity index (χ0) is 24.6. The summed E-state index contributed by atoms with van der Waals surface area (Å²) >= 11 is 0. The summed E-state index contributed by atoms with van der Waals surface area (Å²) in [6.45, 7) is 3.87. The van der Waals surface area contributed by atoms with Crippen LogP contribution in [0.4, 0.5) is 11.4 Å². The summed E-state index contributed by atoms with van der Waals surface area (Å²) in [6, 6.07) is 9.10. The van der Waals surface area contributed by atoms with Gasteiger partial charge in [-0.1, -0.05) is 13.3 Å². The first-order chi connectivity index (χ1) is 15.7. The van der Waals surface area contributed by atoms with Crippen LogP contribution >= 0.6 is 0 Å². The largest absolute Gasteiger partial charge is 0.493 e. The molecular weight excluding hydrogens is 448 g/mol. The standard InChI is InChI=1S/C23H30N2O7S/c1-6-8-13-32-23(27)16-9-11-17(12-10-16)24-22(26)18-14-20(30-4)21(31-5)15-19(18)25(3)33(28,29)7-2/h9-12,14-15H,6-8,13H2,1-5H3,(H,24,26). The lowest BCUT2D eigenvalue weighted by molar-refractivity contribution is 0.0499. The van der Waals surface area contributed by atoms with E-state index < -0.39 is 21.9 Å². The van der Waals surface area contributed by atoms with Gasteiger partial charge in [0.2, 0.25) is 10.0 Å². The van der Waals surface area contributed by atoms with Crippen molar-refractivity contribution in [3.8, 4) is 11.5 Å². The molecule has 0 aromatic heterocycles. The highest BCUT2D eigenvalue weighted by Crippen LogP contribution is 2.36. The van der Waals surface area contributed by atoms with Gasteiger partial charge in [-0.3, -0.25) is 9.10 Å². The second kappa shape index (κ2) is 11.6.